The van der Waals surface area contributed by atoms with E-state index in [0.717, 1.165) is 5.75 Å². The Morgan fingerprint density at radius 2 is 2.43 bits per heavy atom. The fraction of sp³-hybridized carbons (Fsp3) is 0.200. The van der Waals surface area contributed by atoms with E-state index in [4.69, 9.17) is 4.74 Å². The molecule has 0 aromatic carbocycles. The van der Waals surface area contributed by atoms with Gasteiger partial charge < -0.3 is 4.74 Å². The third-order valence-corrected chi connectivity index (χ3v) is 1.29. The van der Waals surface area contributed by atoms with Gasteiger partial charge in [-0.15, -0.1) is 11.8 Å². The topological polar surface area (TPSA) is 9.23 Å². The Morgan fingerprint density at radius 1 is 1.43 bits per heavy atom. The van der Waals surface area contributed by atoms with Crippen LogP contribution >= 0.6 is 11.8 Å². The maximum absolute atomic E-state index is 4.81. The van der Waals surface area contributed by atoms with Gasteiger partial charge in [-0.05, 0) is 6.08 Å². The summed E-state index contributed by atoms with van der Waals surface area (Å²) < 4.78 is 4.81. The second-order valence-electron chi connectivity index (χ2n) is 1.11. The Kier molecular flexibility index (Phi) is 1.88. The predicted molar refractivity (Wildman–Crippen MR) is 31.8 cm³/mol. The van der Waals surface area contributed by atoms with Crippen LogP contribution in [0.1, 0.15) is 0 Å². The van der Waals surface area contributed by atoms with E-state index in [1.54, 1.807) is 24.3 Å². The zero-order valence-electron chi connectivity index (χ0n) is 3.83. The molecule has 7 heavy (non-hydrogen) atoms. The van der Waals surface area contributed by atoms with Crippen molar-refractivity contribution in [3.05, 3.63) is 24.0 Å². The van der Waals surface area contributed by atoms with Crippen molar-refractivity contribution >= 4 is 11.8 Å². The lowest BCUT2D eigenvalue weighted by Crippen LogP contribution is -1.60. The zero-order valence-corrected chi connectivity index (χ0v) is 4.65. The van der Waals surface area contributed by atoms with Crippen molar-refractivity contribution in [2.75, 3.05) is 5.75 Å². The molecule has 0 spiro atoms. The molecule has 0 aliphatic carbocycles. The third-order valence-electron chi connectivity index (χ3n) is 0.598. The minimum Gasteiger partial charge on any atom is -0.472 e. The van der Waals surface area contributed by atoms with Crippen molar-refractivity contribution in [3.63, 3.8) is 0 Å². The highest BCUT2D eigenvalue weighted by Gasteiger charge is 1.79. The molecule has 0 fully saturated rings. The second-order valence-corrected chi connectivity index (χ2v) is 2.05. The van der Waals surface area contributed by atoms with Crippen molar-refractivity contribution in [1.82, 2.24) is 0 Å². The Bertz CT molecular complexity index is 84.3. The number of hydrogen-bond acceptors (Lipinski definition) is 2. The summed E-state index contributed by atoms with van der Waals surface area (Å²) >= 11 is 1.72. The second kappa shape index (κ2) is 2.75. The van der Waals surface area contributed by atoms with E-state index in [-0.39, 0.29) is 0 Å². The molecule has 0 aromatic heterocycles. The quantitative estimate of drug-likeness (QED) is 0.474. The number of ether oxygens (including phenoxy) is 1. The summed E-state index contributed by atoms with van der Waals surface area (Å²) in [5, 5.41) is 1.93. The minimum absolute atomic E-state index is 1.02. The van der Waals surface area contributed by atoms with Crippen LogP contribution in [-0.4, -0.2) is 5.75 Å². The molecular weight excluding hydrogens is 108 g/mol. The van der Waals surface area contributed by atoms with Gasteiger partial charge in [0.15, 0.2) is 0 Å². The standard InChI is InChI=1S/C5H6OS/c1-2-6-3-5-7-4-1/h1-3,5H,4H2. The molecule has 1 aliphatic rings. The normalized spacial score (nSPS) is 18.3. The molecule has 1 aliphatic heterocycles. The molecule has 0 amide bonds. The van der Waals surface area contributed by atoms with Crippen molar-refractivity contribution in [3.8, 4) is 0 Å². The summed E-state index contributed by atoms with van der Waals surface area (Å²) in [6.45, 7) is 0. The summed E-state index contributed by atoms with van der Waals surface area (Å²) in [7, 11) is 0. The molecule has 0 radical (unpaired) electrons. The molecule has 2 heteroatoms. The van der Waals surface area contributed by atoms with Crippen molar-refractivity contribution in [2.45, 2.75) is 0 Å². The molecule has 1 nitrogen and oxygen atoms in total. The van der Waals surface area contributed by atoms with Gasteiger partial charge in [-0.25, -0.2) is 0 Å². The van der Waals surface area contributed by atoms with Crippen molar-refractivity contribution < 1.29 is 4.74 Å². The molecule has 0 saturated heterocycles. The summed E-state index contributed by atoms with van der Waals surface area (Å²) in [5.41, 5.74) is 0. The maximum Gasteiger partial charge on any atom is 0.0964 e. The highest BCUT2D eigenvalue weighted by atomic mass is 32.2. The van der Waals surface area contributed by atoms with Crippen LogP contribution in [-0.2, 0) is 4.74 Å². The molecule has 1 heterocycles. The average molecular weight is 114 g/mol. The number of hydrogen-bond donors (Lipinski definition) is 0. The summed E-state index contributed by atoms with van der Waals surface area (Å²) in [4.78, 5) is 0. The first-order valence-electron chi connectivity index (χ1n) is 2.07. The van der Waals surface area contributed by atoms with Gasteiger partial charge in [-0.1, -0.05) is 0 Å². The third kappa shape index (κ3) is 1.69. The van der Waals surface area contributed by atoms with Crippen LogP contribution in [0, 0.1) is 0 Å². The molecule has 38 valence electrons. The van der Waals surface area contributed by atoms with Crippen LogP contribution in [0.15, 0.2) is 24.0 Å². The van der Waals surface area contributed by atoms with E-state index in [2.05, 4.69) is 0 Å². The Morgan fingerprint density at radius 3 is 3.43 bits per heavy atom. The monoisotopic (exact) mass is 114 g/mol. The molecule has 0 atom stereocenters. The molecule has 0 bridgehead atoms. The summed E-state index contributed by atoms with van der Waals surface area (Å²) in [6, 6.07) is 0. The van der Waals surface area contributed by atoms with E-state index in [1.165, 1.54) is 0 Å². The average Bonchev–Trinajstić information content (AvgIpc) is 1.90. The number of rotatable bonds is 0. The van der Waals surface area contributed by atoms with Gasteiger partial charge in [0.2, 0.25) is 0 Å². The minimum atomic E-state index is 1.02. The van der Waals surface area contributed by atoms with Gasteiger partial charge in [-0.2, -0.15) is 0 Å². The van der Waals surface area contributed by atoms with Gasteiger partial charge in [0.1, 0.15) is 0 Å². The first kappa shape index (κ1) is 4.78. The van der Waals surface area contributed by atoms with E-state index in [1.807, 2.05) is 11.5 Å². The van der Waals surface area contributed by atoms with Crippen molar-refractivity contribution in [1.29, 1.82) is 0 Å². The van der Waals surface area contributed by atoms with E-state index >= 15 is 0 Å². The van der Waals surface area contributed by atoms with E-state index in [9.17, 15) is 0 Å². The zero-order chi connectivity index (χ0) is 4.95. The highest BCUT2D eigenvalue weighted by molar-refractivity contribution is 8.02. The lowest BCUT2D eigenvalue weighted by atomic mass is 10.7. The Balaban J connectivity index is 2.38. The van der Waals surface area contributed by atoms with Crippen LogP contribution in [0.5, 0.6) is 0 Å². The molecule has 0 N–H and O–H groups in total. The van der Waals surface area contributed by atoms with Gasteiger partial charge in [0, 0.05) is 11.2 Å². The maximum atomic E-state index is 4.81. The van der Waals surface area contributed by atoms with E-state index < -0.39 is 0 Å². The lowest BCUT2D eigenvalue weighted by Gasteiger charge is -1.79. The van der Waals surface area contributed by atoms with Gasteiger partial charge in [0.25, 0.3) is 0 Å². The molecular formula is C5H6OS. The van der Waals surface area contributed by atoms with Crippen LogP contribution < -0.4 is 0 Å². The van der Waals surface area contributed by atoms with Gasteiger partial charge in [0.05, 0.1) is 12.5 Å². The van der Waals surface area contributed by atoms with Gasteiger partial charge >= 0.3 is 0 Å². The lowest BCUT2D eigenvalue weighted by molar-refractivity contribution is 0.404. The molecule has 0 aromatic rings. The first-order valence-corrected chi connectivity index (χ1v) is 3.12. The summed E-state index contributed by atoms with van der Waals surface area (Å²) in [6.07, 6.45) is 5.34. The fourth-order valence-corrected chi connectivity index (χ4v) is 0.766. The highest BCUT2D eigenvalue weighted by Crippen LogP contribution is 2.05. The smallest absolute Gasteiger partial charge is 0.0964 e. The summed E-state index contributed by atoms with van der Waals surface area (Å²) in [5.74, 6) is 1.02. The molecule has 1 rings (SSSR count). The fourth-order valence-electron chi connectivity index (χ4n) is 0.323. The Labute approximate surface area is 47.1 Å². The predicted octanol–water partition coefficient (Wildman–Crippen LogP) is 1.73. The van der Waals surface area contributed by atoms with Crippen LogP contribution in [0.4, 0.5) is 0 Å². The van der Waals surface area contributed by atoms with Crippen LogP contribution in [0.3, 0.4) is 0 Å². The molecule has 0 unspecified atom stereocenters. The number of thioether (sulfide) groups is 1. The Hall–Kier alpha value is -0.370. The van der Waals surface area contributed by atoms with Gasteiger partial charge in [-0.3, -0.25) is 0 Å². The van der Waals surface area contributed by atoms with E-state index in [0.29, 0.717) is 0 Å². The largest absolute Gasteiger partial charge is 0.472 e. The molecule has 0 saturated carbocycles. The van der Waals surface area contributed by atoms with Crippen LogP contribution in [0.2, 0.25) is 0 Å². The SMILES string of the molecule is C1=COC=CSC1. The van der Waals surface area contributed by atoms with Crippen LogP contribution in [0.25, 0.3) is 0 Å². The first-order chi connectivity index (χ1) is 3.50. The van der Waals surface area contributed by atoms with Crippen molar-refractivity contribution in [2.24, 2.45) is 0 Å².